The summed E-state index contributed by atoms with van der Waals surface area (Å²) in [7, 11) is -8.60. The van der Waals surface area contributed by atoms with Gasteiger partial charge in [-0.1, -0.05) is 20.8 Å². The predicted octanol–water partition coefficient (Wildman–Crippen LogP) is 0.293. The Morgan fingerprint density at radius 2 is 1.38 bits per heavy atom. The summed E-state index contributed by atoms with van der Waals surface area (Å²) in [6, 6.07) is 0. The van der Waals surface area contributed by atoms with Crippen molar-refractivity contribution in [3.8, 4) is 0 Å². The maximum absolute atomic E-state index is 11.8. The van der Waals surface area contributed by atoms with Crippen molar-refractivity contribution in [2.75, 3.05) is 19.6 Å². The molecule has 8 heteroatoms. The lowest BCUT2D eigenvalue weighted by atomic mass is 10.4. The molecule has 1 N–H and O–H groups in total. The van der Waals surface area contributed by atoms with E-state index >= 15 is 0 Å². The average molecular weight is 272 g/mol. The maximum atomic E-state index is 11.8. The van der Waals surface area contributed by atoms with Crippen molar-refractivity contribution in [3.63, 3.8) is 0 Å². The van der Waals surface area contributed by atoms with E-state index in [0.29, 0.717) is 12.8 Å². The molecule has 0 radical (unpaired) electrons. The molecule has 6 nitrogen and oxygen atoms in total. The Morgan fingerprint density at radius 1 is 0.938 bits per heavy atom. The molecule has 0 unspecified atom stereocenters. The Balaban J connectivity index is 5.13. The first-order chi connectivity index (χ1) is 7.33. The summed E-state index contributed by atoms with van der Waals surface area (Å²) < 4.78 is 49.6. The summed E-state index contributed by atoms with van der Waals surface area (Å²) in [5.41, 5.74) is 0. The van der Waals surface area contributed by atoms with Crippen LogP contribution in [-0.2, 0) is 18.1 Å². The van der Waals surface area contributed by atoms with Crippen molar-refractivity contribution >= 4 is 18.1 Å². The molecule has 0 aromatic carbocycles. The van der Waals surface area contributed by atoms with Gasteiger partial charge in [0.15, 0.2) is 0 Å². The van der Waals surface area contributed by atoms with E-state index < -0.39 is 18.1 Å². The minimum absolute atomic E-state index is 0.0631. The third kappa shape index (κ3) is 3.69. The number of rotatable bonds is 8. The summed E-state index contributed by atoms with van der Waals surface area (Å²) in [4.78, 5) is 0. The van der Waals surface area contributed by atoms with Crippen molar-refractivity contribution in [2.24, 2.45) is 0 Å². The molecule has 98 valence electrons. The SMILES string of the molecule is CCCN(CCC)S(=O)(=O)S(=O)(=O)NCC. The predicted molar refractivity (Wildman–Crippen MR) is 63.7 cm³/mol. The van der Waals surface area contributed by atoms with Gasteiger partial charge >= 0.3 is 18.1 Å². The van der Waals surface area contributed by atoms with Gasteiger partial charge in [-0.2, -0.15) is 21.1 Å². The highest BCUT2D eigenvalue weighted by atomic mass is 33.2. The van der Waals surface area contributed by atoms with E-state index in [2.05, 4.69) is 0 Å². The fraction of sp³-hybridized carbons (Fsp3) is 1.00. The van der Waals surface area contributed by atoms with Crippen LogP contribution < -0.4 is 4.72 Å². The molecule has 0 saturated heterocycles. The lowest BCUT2D eigenvalue weighted by Gasteiger charge is -2.20. The topological polar surface area (TPSA) is 83.6 Å². The normalized spacial score (nSPS) is 13.2. The quantitative estimate of drug-likeness (QED) is 0.644. The van der Waals surface area contributed by atoms with E-state index in [0.717, 1.165) is 4.31 Å². The van der Waals surface area contributed by atoms with E-state index in [-0.39, 0.29) is 19.6 Å². The van der Waals surface area contributed by atoms with Gasteiger partial charge in [0.05, 0.1) is 0 Å². The van der Waals surface area contributed by atoms with E-state index in [4.69, 9.17) is 0 Å². The van der Waals surface area contributed by atoms with Crippen molar-refractivity contribution in [1.29, 1.82) is 0 Å². The van der Waals surface area contributed by atoms with Crippen molar-refractivity contribution < 1.29 is 16.8 Å². The standard InChI is InChI=1S/C8H20N2O4S2/c1-4-7-10(8-5-2)16(13,14)15(11,12)9-6-3/h9H,4-8H2,1-3H3. The van der Waals surface area contributed by atoms with Gasteiger partial charge < -0.3 is 0 Å². The molecular formula is C8H20N2O4S2. The van der Waals surface area contributed by atoms with Crippen LogP contribution in [0, 0.1) is 0 Å². The molecule has 0 aromatic rings. The summed E-state index contributed by atoms with van der Waals surface area (Å²) in [5, 5.41) is 0. The minimum atomic E-state index is -4.31. The average Bonchev–Trinajstić information content (AvgIpc) is 2.17. The van der Waals surface area contributed by atoms with Crippen LogP contribution in [0.5, 0.6) is 0 Å². The lowest BCUT2D eigenvalue weighted by Crippen LogP contribution is -2.42. The Morgan fingerprint density at radius 3 is 1.69 bits per heavy atom. The lowest BCUT2D eigenvalue weighted by molar-refractivity contribution is 0.417. The molecule has 0 atom stereocenters. The van der Waals surface area contributed by atoms with E-state index in [1.165, 1.54) is 6.92 Å². The van der Waals surface area contributed by atoms with Gasteiger partial charge in [-0.3, -0.25) is 0 Å². The van der Waals surface area contributed by atoms with Crippen LogP contribution in [0.1, 0.15) is 33.6 Å². The molecule has 0 aromatic heterocycles. The minimum Gasteiger partial charge on any atom is -0.201 e. The number of hydrogen-bond donors (Lipinski definition) is 1. The van der Waals surface area contributed by atoms with Crippen molar-refractivity contribution in [3.05, 3.63) is 0 Å². The molecule has 0 bridgehead atoms. The van der Waals surface area contributed by atoms with Gasteiger partial charge in [0.2, 0.25) is 0 Å². The Hall–Kier alpha value is -0.180. The Kier molecular flexibility index (Phi) is 6.46. The molecular weight excluding hydrogens is 252 g/mol. The second-order valence-corrected chi connectivity index (χ2v) is 8.46. The van der Waals surface area contributed by atoms with Crippen LogP contribution in [0.4, 0.5) is 0 Å². The number of nitrogens with one attached hydrogen (secondary N) is 1. The van der Waals surface area contributed by atoms with Crippen LogP contribution in [0.3, 0.4) is 0 Å². The summed E-state index contributed by atoms with van der Waals surface area (Å²) >= 11 is 0. The highest BCUT2D eigenvalue weighted by molar-refractivity contribution is 8.65. The second kappa shape index (κ2) is 6.53. The summed E-state index contributed by atoms with van der Waals surface area (Å²) in [5.74, 6) is 0. The largest absolute Gasteiger partial charge is 0.333 e. The summed E-state index contributed by atoms with van der Waals surface area (Å²) in [6.07, 6.45) is 1.17. The first-order valence-electron chi connectivity index (χ1n) is 5.33. The van der Waals surface area contributed by atoms with Crippen molar-refractivity contribution in [1.82, 2.24) is 9.03 Å². The van der Waals surface area contributed by atoms with Crippen LogP contribution >= 0.6 is 0 Å². The molecule has 0 heterocycles. The third-order valence-corrected chi connectivity index (χ3v) is 6.70. The van der Waals surface area contributed by atoms with Crippen LogP contribution in [-0.4, -0.2) is 40.8 Å². The molecule has 0 rings (SSSR count). The zero-order valence-corrected chi connectivity index (χ0v) is 11.6. The van der Waals surface area contributed by atoms with E-state index in [1.54, 1.807) is 13.8 Å². The zero-order chi connectivity index (χ0) is 12.8. The fourth-order valence-corrected chi connectivity index (χ4v) is 4.90. The smallest absolute Gasteiger partial charge is 0.201 e. The monoisotopic (exact) mass is 272 g/mol. The number of hydrogen-bond acceptors (Lipinski definition) is 4. The molecule has 0 aliphatic carbocycles. The molecule has 0 saturated carbocycles. The Labute approximate surface area is 97.5 Å². The maximum Gasteiger partial charge on any atom is 0.333 e. The fourth-order valence-electron chi connectivity index (χ4n) is 1.22. The Bertz CT molecular complexity index is 382. The highest BCUT2D eigenvalue weighted by Crippen LogP contribution is 2.10. The molecule has 0 spiro atoms. The molecule has 16 heavy (non-hydrogen) atoms. The summed E-state index contributed by atoms with van der Waals surface area (Å²) in [6.45, 7) is 5.66. The van der Waals surface area contributed by atoms with E-state index in [9.17, 15) is 16.8 Å². The van der Waals surface area contributed by atoms with Gasteiger partial charge in [-0.15, -0.1) is 0 Å². The van der Waals surface area contributed by atoms with Gasteiger partial charge in [0.25, 0.3) is 0 Å². The first-order valence-corrected chi connectivity index (χ1v) is 8.77. The second-order valence-electron chi connectivity index (χ2n) is 3.31. The molecule has 0 aliphatic rings. The molecule has 0 amide bonds. The van der Waals surface area contributed by atoms with Gasteiger partial charge in [-0.25, -0.2) is 4.72 Å². The first kappa shape index (κ1) is 15.8. The van der Waals surface area contributed by atoms with Crippen molar-refractivity contribution in [2.45, 2.75) is 33.6 Å². The van der Waals surface area contributed by atoms with Crippen LogP contribution in [0.2, 0.25) is 0 Å². The number of nitrogens with zero attached hydrogens (tertiary/aromatic N) is 1. The van der Waals surface area contributed by atoms with Gasteiger partial charge in [-0.05, 0) is 12.8 Å². The molecule has 0 aliphatic heterocycles. The zero-order valence-electron chi connectivity index (χ0n) is 9.93. The van der Waals surface area contributed by atoms with E-state index in [1.807, 2.05) is 4.72 Å². The van der Waals surface area contributed by atoms with Gasteiger partial charge in [0.1, 0.15) is 0 Å². The highest BCUT2D eigenvalue weighted by Gasteiger charge is 2.34. The van der Waals surface area contributed by atoms with Crippen LogP contribution in [0.15, 0.2) is 0 Å². The molecule has 0 fully saturated rings. The third-order valence-electron chi connectivity index (χ3n) is 1.86. The van der Waals surface area contributed by atoms with Gasteiger partial charge in [0, 0.05) is 19.6 Å². The van der Waals surface area contributed by atoms with Crippen LogP contribution in [0.25, 0.3) is 0 Å².